The number of hydrogen-bond donors (Lipinski definition) is 17. The Balaban J connectivity index is 1.32. The molecular formula is C71H96ClN21O14. The van der Waals surface area contributed by atoms with E-state index >= 15 is 19.2 Å². The van der Waals surface area contributed by atoms with Gasteiger partial charge in [0, 0.05) is 82.7 Å². The number of pyridine rings is 1. The van der Waals surface area contributed by atoms with Crippen molar-refractivity contribution in [2.24, 2.45) is 44.6 Å². The number of primary amides is 1. The molecule has 22 N–H and O–H groups in total. The van der Waals surface area contributed by atoms with Gasteiger partial charge in [-0.3, -0.25) is 82.1 Å². The molecule has 35 nitrogen and oxygen atoms in total. The third-order valence-electron chi connectivity index (χ3n) is 17.9. The van der Waals surface area contributed by atoms with Gasteiger partial charge in [-0.1, -0.05) is 86.1 Å². The summed E-state index contributed by atoms with van der Waals surface area (Å²) in [5.74, 6) is -14.3. The molecule has 576 valence electrons. The van der Waals surface area contributed by atoms with Crippen molar-refractivity contribution >= 4 is 117 Å². The van der Waals surface area contributed by atoms with Crippen LogP contribution in [0.3, 0.4) is 0 Å². The minimum Gasteiger partial charge on any atom is -0.370 e. The van der Waals surface area contributed by atoms with Crippen LogP contribution in [0.1, 0.15) is 108 Å². The van der Waals surface area contributed by atoms with Crippen molar-refractivity contribution in [2.75, 3.05) is 32.7 Å². The minimum absolute atomic E-state index is 0.00570. The molecule has 3 fully saturated rings. The summed E-state index contributed by atoms with van der Waals surface area (Å²) in [6, 6.07) is 5.06. The molecule has 11 atom stereocenters. The summed E-state index contributed by atoms with van der Waals surface area (Å²) in [7, 11) is 0. The highest BCUT2D eigenvalue weighted by Crippen LogP contribution is 2.22. The van der Waals surface area contributed by atoms with Crippen LogP contribution >= 0.6 is 11.6 Å². The van der Waals surface area contributed by atoms with Crippen LogP contribution in [0.2, 0.25) is 5.02 Å². The summed E-state index contributed by atoms with van der Waals surface area (Å²) in [6.45, 7) is 3.52. The molecule has 0 saturated carbocycles. The van der Waals surface area contributed by atoms with Gasteiger partial charge in [-0.25, -0.2) is 0 Å². The van der Waals surface area contributed by atoms with E-state index in [0.717, 1.165) is 15.7 Å². The van der Waals surface area contributed by atoms with Crippen molar-refractivity contribution in [3.8, 4) is 0 Å². The number of carbonyl (C=O) groups excluding carboxylic acids is 14. The van der Waals surface area contributed by atoms with Crippen molar-refractivity contribution in [3.63, 3.8) is 0 Å². The lowest BCUT2D eigenvalue weighted by Crippen LogP contribution is -2.61. The van der Waals surface area contributed by atoms with Crippen LogP contribution in [0.25, 0.3) is 10.8 Å². The molecule has 4 heterocycles. The van der Waals surface area contributed by atoms with Crippen molar-refractivity contribution in [3.05, 3.63) is 113 Å². The number of aromatic nitrogens is 1. The standard InChI is InChI=1S/C71H96ClN21O14/c1-38(2)30-50-63(101)87-49-24-28-79-60(98)46(13-7-26-80-70(74)75)84-57(95)23-22-48(62(100)85-47(61(99)88-50)14-8-27-81-71(76)77)86-67(105)54(35-58(96)82-37-55(59(73)97)92-68(106)56-15-9-29-93(56)69(49)107)91-66(104)53(34-42-10-6-25-78-36-42)90-65(103)52(32-40-17-20-45(72)21-18-40)89-64(102)51(83-39(3)94)33-41-16-19-43-11-4-5-12-44(43)31-41/h4-6,10-12,16-21,25,31,36,38,46-56H,7-9,13-15,22-24,26-30,32-35,37H2,1-3H3,(H2,73,97)(H,79,98)(H,82,96)(H,83,94)(H,84,95)(H,85,100)(H,86,105)(H,87,101)(H,88,99)(H,89,102)(H,90,103)(H,91,104)(H,92,106)(H4,74,75,80)(H4,76,77,81)/t46-,47+,48-,49-,50-,51+,52+,53+,54-,55-,56-/m0/s1. The van der Waals surface area contributed by atoms with Crippen LogP contribution in [0.5, 0.6) is 0 Å². The molecule has 2 bridgehead atoms. The molecule has 7 rings (SSSR count). The first-order valence-corrected chi connectivity index (χ1v) is 35.7. The molecule has 3 saturated heterocycles. The summed E-state index contributed by atoms with van der Waals surface area (Å²) in [6.07, 6.45) is -0.451. The van der Waals surface area contributed by atoms with E-state index in [4.69, 9.17) is 40.3 Å². The van der Waals surface area contributed by atoms with Crippen LogP contribution in [-0.4, -0.2) is 204 Å². The summed E-state index contributed by atoms with van der Waals surface area (Å²) in [5, 5.41) is 33.6. The lowest BCUT2D eigenvalue weighted by Gasteiger charge is -2.31. The number of halogens is 1. The fourth-order valence-corrected chi connectivity index (χ4v) is 12.6. The zero-order valence-electron chi connectivity index (χ0n) is 59.8. The second-order valence-electron chi connectivity index (χ2n) is 26.9. The molecule has 3 aromatic carbocycles. The van der Waals surface area contributed by atoms with E-state index in [2.05, 4.69) is 78.8 Å². The number of fused-ring (bicyclic) bond motifs is 11. The SMILES string of the molecule is CC(=O)N[C@H](Cc1ccc2ccccc2c1)C(=O)N[C@H](Cc1ccc(Cl)cc1)C(=O)N[C@H](Cc1cccnc1)C(=O)N[C@H]1CC(=O)NC[C@@H](C(N)=O)NC(=O)[C@@H]2CCCN2C(=O)[C@@H]2CCNC(=O)[C@H](CCCN=C(N)N)NC(=O)CC[C@H](NC1=O)C(=O)N[C@H](CCCN=C(N)N)C(=O)N[C@@H](CC(C)C)C(=O)N2. The van der Waals surface area contributed by atoms with E-state index in [1.165, 1.54) is 25.4 Å². The van der Waals surface area contributed by atoms with Gasteiger partial charge < -0.3 is 97.4 Å². The summed E-state index contributed by atoms with van der Waals surface area (Å²) in [5.41, 5.74) is 29.7. The average molecular weight is 1500 g/mol. The molecule has 36 heteroatoms. The first kappa shape index (κ1) is 82.8. The third kappa shape index (κ3) is 26.5. The van der Waals surface area contributed by atoms with Crippen LogP contribution in [0, 0.1) is 5.92 Å². The van der Waals surface area contributed by atoms with Crippen LogP contribution in [0.4, 0.5) is 0 Å². The predicted octanol–water partition coefficient (Wildman–Crippen LogP) is -3.77. The average Bonchev–Trinajstić information content (AvgIpc) is 1.79. The van der Waals surface area contributed by atoms with Crippen molar-refractivity contribution < 1.29 is 67.1 Å². The number of carbonyl (C=O) groups is 14. The second-order valence-corrected chi connectivity index (χ2v) is 27.3. The maximum absolute atomic E-state index is 15.4. The molecule has 107 heavy (non-hydrogen) atoms. The van der Waals surface area contributed by atoms with Gasteiger partial charge in [0.2, 0.25) is 82.7 Å². The number of amides is 14. The van der Waals surface area contributed by atoms with E-state index in [0.29, 0.717) is 21.7 Å². The van der Waals surface area contributed by atoms with Gasteiger partial charge in [0.1, 0.15) is 66.5 Å². The minimum atomic E-state index is -2.09. The molecule has 0 aliphatic carbocycles. The normalized spacial score (nSPS) is 21.8. The molecule has 0 unspecified atom stereocenters. The van der Waals surface area contributed by atoms with Crippen molar-refractivity contribution in [2.45, 2.75) is 177 Å². The number of nitrogens with zero attached hydrogens (tertiary/aromatic N) is 4. The van der Waals surface area contributed by atoms with Crippen LogP contribution in [0.15, 0.2) is 101 Å². The highest BCUT2D eigenvalue weighted by Gasteiger charge is 2.42. The smallest absolute Gasteiger partial charge is 0.245 e. The highest BCUT2D eigenvalue weighted by atomic mass is 35.5. The number of nitrogens with two attached hydrogens (primary N) is 5. The largest absolute Gasteiger partial charge is 0.370 e. The molecule has 1 aromatic heterocycles. The van der Waals surface area contributed by atoms with Crippen LogP contribution < -0.4 is 92.5 Å². The first-order chi connectivity index (χ1) is 51.0. The van der Waals surface area contributed by atoms with Gasteiger partial charge in [-0.15, -0.1) is 0 Å². The lowest BCUT2D eigenvalue weighted by molar-refractivity contribution is -0.142. The lowest BCUT2D eigenvalue weighted by atomic mass is 9.99. The van der Waals surface area contributed by atoms with E-state index in [-0.39, 0.29) is 115 Å². The Bertz CT molecular complexity index is 3930. The van der Waals surface area contributed by atoms with E-state index in [9.17, 15) is 47.9 Å². The number of benzene rings is 3. The van der Waals surface area contributed by atoms with E-state index in [1.54, 1.807) is 50.2 Å². The molecule has 14 amide bonds. The number of aliphatic imine (C=N–C) groups is 2. The molecule has 0 spiro atoms. The predicted molar refractivity (Wildman–Crippen MR) is 393 cm³/mol. The van der Waals surface area contributed by atoms with Gasteiger partial charge in [-0.2, -0.15) is 0 Å². The van der Waals surface area contributed by atoms with Crippen LogP contribution in [-0.2, 0) is 86.4 Å². The van der Waals surface area contributed by atoms with E-state index < -0.39 is 175 Å². The molecular weight excluding hydrogens is 1410 g/mol. The quantitative estimate of drug-likeness (QED) is 0.0139. The Morgan fingerprint density at radius 1 is 0.589 bits per heavy atom. The van der Waals surface area contributed by atoms with Crippen molar-refractivity contribution in [1.29, 1.82) is 0 Å². The van der Waals surface area contributed by atoms with E-state index in [1.807, 2.05) is 36.4 Å². The number of nitrogens with one attached hydrogen (secondary N) is 12. The summed E-state index contributed by atoms with van der Waals surface area (Å²) < 4.78 is 0. The Morgan fingerprint density at radius 3 is 1.82 bits per heavy atom. The number of hydrogen-bond acceptors (Lipinski definition) is 17. The fourth-order valence-electron chi connectivity index (χ4n) is 12.4. The highest BCUT2D eigenvalue weighted by molar-refractivity contribution is 6.30. The summed E-state index contributed by atoms with van der Waals surface area (Å²) >= 11 is 6.27. The van der Waals surface area contributed by atoms with Gasteiger partial charge >= 0.3 is 0 Å². The molecule has 3 aliphatic rings. The number of rotatable bonds is 24. The van der Waals surface area contributed by atoms with Gasteiger partial charge in [0.05, 0.1) is 6.42 Å². The zero-order valence-corrected chi connectivity index (χ0v) is 60.5. The monoisotopic (exact) mass is 1500 g/mol. The third-order valence-corrected chi connectivity index (χ3v) is 18.2. The van der Waals surface area contributed by atoms with Gasteiger partial charge in [0.15, 0.2) is 11.9 Å². The molecule has 4 aromatic rings. The van der Waals surface area contributed by atoms with Gasteiger partial charge in [0.25, 0.3) is 0 Å². The number of guanidine groups is 2. The maximum atomic E-state index is 15.4. The summed E-state index contributed by atoms with van der Waals surface area (Å²) in [4.78, 5) is 217. The Hall–Kier alpha value is -11.5. The first-order valence-electron chi connectivity index (χ1n) is 35.4. The molecule has 0 radical (unpaired) electrons. The maximum Gasteiger partial charge on any atom is 0.245 e. The Morgan fingerprint density at radius 2 is 1.19 bits per heavy atom. The Labute approximate surface area is 622 Å². The van der Waals surface area contributed by atoms with Crippen molar-refractivity contribution in [1.82, 2.24) is 73.7 Å². The molecule has 3 aliphatic heterocycles. The van der Waals surface area contributed by atoms with Gasteiger partial charge in [-0.05, 0) is 109 Å². The Kier molecular flexibility index (Phi) is 31.5. The second kappa shape index (κ2) is 40.7. The zero-order chi connectivity index (χ0) is 77.9. The topological polar surface area (TPSA) is 554 Å². The fraction of sp³-hybridized carbons (Fsp3) is 0.479.